The smallest absolute Gasteiger partial charge is 0.306 e. The van der Waals surface area contributed by atoms with Crippen molar-refractivity contribution in [3.8, 4) is 0 Å². The van der Waals surface area contributed by atoms with Crippen molar-refractivity contribution in [1.82, 2.24) is 0 Å². The van der Waals surface area contributed by atoms with Crippen LogP contribution in [0.1, 0.15) is 40.5 Å². The number of ketones is 1. The molecule has 0 aliphatic carbocycles. The van der Waals surface area contributed by atoms with Crippen LogP contribution in [0.5, 0.6) is 0 Å². The maximum Gasteiger partial charge on any atom is 0.306 e. The van der Waals surface area contributed by atoms with Crippen LogP contribution in [0.25, 0.3) is 0 Å². The van der Waals surface area contributed by atoms with Crippen molar-refractivity contribution >= 4 is 11.8 Å². The van der Waals surface area contributed by atoms with Gasteiger partial charge >= 0.3 is 5.97 Å². The maximum atomic E-state index is 11.7. The zero-order chi connectivity index (χ0) is 11.3. The molecule has 0 aliphatic heterocycles. The number of carboxylic acids is 1. The molecule has 14 heavy (non-hydrogen) atoms. The third-order valence-electron chi connectivity index (χ3n) is 2.80. The number of carbonyl (C=O) groups is 2. The van der Waals surface area contributed by atoms with Crippen LogP contribution in [-0.4, -0.2) is 16.9 Å². The van der Waals surface area contributed by atoms with Crippen molar-refractivity contribution in [1.29, 1.82) is 0 Å². The van der Waals surface area contributed by atoms with Gasteiger partial charge in [-0.3, -0.25) is 9.59 Å². The highest BCUT2D eigenvalue weighted by Gasteiger charge is 2.28. The lowest BCUT2D eigenvalue weighted by Crippen LogP contribution is -2.29. The van der Waals surface area contributed by atoms with Gasteiger partial charge in [-0.25, -0.2) is 0 Å². The fourth-order valence-electron chi connectivity index (χ4n) is 1.48. The average Bonchev–Trinajstić information content (AvgIpc) is 2.14. The highest BCUT2D eigenvalue weighted by Crippen LogP contribution is 2.19. The Morgan fingerprint density at radius 2 is 1.64 bits per heavy atom. The first kappa shape index (κ1) is 13.1. The van der Waals surface area contributed by atoms with Crippen LogP contribution in [0.4, 0.5) is 0 Å². The molecule has 0 aromatic heterocycles. The van der Waals surface area contributed by atoms with Crippen LogP contribution in [0.2, 0.25) is 0 Å². The van der Waals surface area contributed by atoms with E-state index in [1.807, 2.05) is 13.8 Å². The summed E-state index contributed by atoms with van der Waals surface area (Å²) in [6, 6.07) is 0. The first-order valence-corrected chi connectivity index (χ1v) is 5.18. The van der Waals surface area contributed by atoms with Gasteiger partial charge in [0.15, 0.2) is 0 Å². The number of carboxylic acid groups (broad SMARTS) is 1. The molecular formula is C11H20O3. The Morgan fingerprint density at radius 3 is 2.00 bits per heavy atom. The van der Waals surface area contributed by atoms with Crippen LogP contribution in [0, 0.1) is 17.8 Å². The summed E-state index contributed by atoms with van der Waals surface area (Å²) in [4.78, 5) is 22.4. The van der Waals surface area contributed by atoms with Crippen LogP contribution < -0.4 is 0 Å². The number of rotatable bonds is 6. The fourth-order valence-corrected chi connectivity index (χ4v) is 1.48. The van der Waals surface area contributed by atoms with Gasteiger partial charge < -0.3 is 5.11 Å². The zero-order valence-corrected chi connectivity index (χ0v) is 9.41. The molecule has 0 aromatic rings. The second kappa shape index (κ2) is 5.78. The summed E-state index contributed by atoms with van der Waals surface area (Å²) in [5.41, 5.74) is 0. The van der Waals surface area contributed by atoms with Crippen LogP contribution in [0.3, 0.4) is 0 Å². The molecule has 0 amide bonds. The Labute approximate surface area is 85.5 Å². The first-order chi connectivity index (χ1) is 6.41. The second-order valence-corrected chi connectivity index (χ2v) is 4.01. The van der Waals surface area contributed by atoms with E-state index in [9.17, 15) is 9.59 Å². The van der Waals surface area contributed by atoms with Gasteiger partial charge in [-0.05, 0) is 6.42 Å². The van der Waals surface area contributed by atoms with Crippen molar-refractivity contribution in [2.24, 2.45) is 17.8 Å². The molecule has 3 heteroatoms. The third-order valence-corrected chi connectivity index (χ3v) is 2.80. The van der Waals surface area contributed by atoms with Crippen LogP contribution >= 0.6 is 0 Å². The largest absolute Gasteiger partial charge is 0.481 e. The average molecular weight is 200 g/mol. The molecule has 0 fully saturated rings. The van der Waals surface area contributed by atoms with Gasteiger partial charge in [-0.2, -0.15) is 0 Å². The lowest BCUT2D eigenvalue weighted by atomic mass is 9.84. The maximum absolute atomic E-state index is 11.7. The van der Waals surface area contributed by atoms with E-state index in [0.29, 0.717) is 0 Å². The summed E-state index contributed by atoms with van der Waals surface area (Å²) in [7, 11) is 0. The van der Waals surface area contributed by atoms with Gasteiger partial charge in [0.2, 0.25) is 0 Å². The fraction of sp³-hybridized carbons (Fsp3) is 0.818. The van der Waals surface area contributed by atoms with E-state index in [0.717, 1.165) is 12.8 Å². The quantitative estimate of drug-likeness (QED) is 0.716. The molecule has 3 nitrogen and oxygen atoms in total. The molecule has 0 aliphatic rings. The molecule has 0 saturated heterocycles. The Morgan fingerprint density at radius 1 is 1.14 bits per heavy atom. The third kappa shape index (κ3) is 3.48. The summed E-state index contributed by atoms with van der Waals surface area (Å²) in [5.74, 6) is -1.80. The van der Waals surface area contributed by atoms with Crippen molar-refractivity contribution in [3.05, 3.63) is 0 Å². The summed E-state index contributed by atoms with van der Waals surface area (Å²) < 4.78 is 0. The minimum absolute atomic E-state index is 0.0169. The summed E-state index contributed by atoms with van der Waals surface area (Å²) in [5, 5.41) is 8.76. The van der Waals surface area contributed by atoms with Crippen LogP contribution in [0.15, 0.2) is 0 Å². The SMILES string of the molecule is CCCC(C)C(=O)C(C)C(C)C(=O)O. The normalized spacial score (nSPS) is 17.1. The van der Waals surface area contributed by atoms with Gasteiger partial charge in [0.05, 0.1) is 5.92 Å². The monoisotopic (exact) mass is 200 g/mol. The molecule has 0 spiro atoms. The highest BCUT2D eigenvalue weighted by molar-refractivity contribution is 5.87. The molecule has 1 N–H and O–H groups in total. The van der Waals surface area contributed by atoms with Gasteiger partial charge in [-0.1, -0.05) is 34.1 Å². The van der Waals surface area contributed by atoms with E-state index in [4.69, 9.17) is 5.11 Å². The Kier molecular flexibility index (Phi) is 5.43. The van der Waals surface area contributed by atoms with Crippen LogP contribution in [-0.2, 0) is 9.59 Å². The summed E-state index contributed by atoms with van der Waals surface area (Å²) in [6.45, 7) is 7.18. The Hall–Kier alpha value is -0.860. The van der Waals surface area contributed by atoms with Crippen molar-refractivity contribution < 1.29 is 14.7 Å². The Balaban J connectivity index is 4.30. The van der Waals surface area contributed by atoms with E-state index in [1.54, 1.807) is 13.8 Å². The van der Waals surface area contributed by atoms with Gasteiger partial charge in [0, 0.05) is 11.8 Å². The Bertz CT molecular complexity index is 211. The number of hydrogen-bond acceptors (Lipinski definition) is 2. The minimum Gasteiger partial charge on any atom is -0.481 e. The first-order valence-electron chi connectivity index (χ1n) is 5.18. The second-order valence-electron chi connectivity index (χ2n) is 4.01. The van der Waals surface area contributed by atoms with Gasteiger partial charge in [0.1, 0.15) is 5.78 Å². The van der Waals surface area contributed by atoms with E-state index in [1.165, 1.54) is 0 Å². The summed E-state index contributed by atoms with van der Waals surface area (Å²) >= 11 is 0. The molecule has 0 saturated carbocycles. The molecular weight excluding hydrogens is 180 g/mol. The van der Waals surface area contributed by atoms with E-state index < -0.39 is 11.9 Å². The van der Waals surface area contributed by atoms with E-state index in [2.05, 4.69) is 0 Å². The predicted molar refractivity (Wildman–Crippen MR) is 55.0 cm³/mol. The summed E-state index contributed by atoms with van der Waals surface area (Å²) in [6.07, 6.45) is 1.80. The standard InChI is InChI=1S/C11H20O3/c1-5-6-7(2)10(12)8(3)9(4)11(13)14/h7-9H,5-6H2,1-4H3,(H,13,14). The molecule has 3 unspecified atom stereocenters. The zero-order valence-electron chi connectivity index (χ0n) is 9.41. The number of Topliss-reactive ketones (excluding diaryl/α,β-unsaturated/α-hetero) is 1. The molecule has 0 bridgehead atoms. The lowest BCUT2D eigenvalue weighted by molar-refractivity contribution is -0.146. The molecule has 82 valence electrons. The molecule has 0 aromatic carbocycles. The van der Waals surface area contributed by atoms with Crippen molar-refractivity contribution in [3.63, 3.8) is 0 Å². The molecule has 0 heterocycles. The number of aliphatic carboxylic acids is 1. The molecule has 0 rings (SSSR count). The lowest BCUT2D eigenvalue weighted by Gasteiger charge is -2.18. The van der Waals surface area contributed by atoms with E-state index >= 15 is 0 Å². The van der Waals surface area contributed by atoms with Gasteiger partial charge in [-0.15, -0.1) is 0 Å². The van der Waals surface area contributed by atoms with Gasteiger partial charge in [0.25, 0.3) is 0 Å². The minimum atomic E-state index is -0.894. The van der Waals surface area contributed by atoms with Crippen molar-refractivity contribution in [2.45, 2.75) is 40.5 Å². The van der Waals surface area contributed by atoms with Crippen molar-refractivity contribution in [2.75, 3.05) is 0 Å². The number of carbonyl (C=O) groups excluding carboxylic acids is 1. The molecule has 0 radical (unpaired) electrons. The molecule has 3 atom stereocenters. The predicted octanol–water partition coefficient (Wildman–Crippen LogP) is 2.35. The number of hydrogen-bond donors (Lipinski definition) is 1. The van der Waals surface area contributed by atoms with E-state index in [-0.39, 0.29) is 17.6 Å². The highest BCUT2D eigenvalue weighted by atomic mass is 16.4. The topological polar surface area (TPSA) is 54.4 Å².